The van der Waals surface area contributed by atoms with E-state index in [1.807, 2.05) is 45.0 Å². The number of urea groups is 1. The number of nitrogens with two attached hydrogens (primary N) is 1. The van der Waals surface area contributed by atoms with E-state index in [1.54, 1.807) is 12.1 Å². The Hall–Kier alpha value is -2.80. The van der Waals surface area contributed by atoms with E-state index in [-0.39, 0.29) is 17.1 Å². The van der Waals surface area contributed by atoms with Crippen molar-refractivity contribution in [1.29, 1.82) is 0 Å². The zero-order chi connectivity index (χ0) is 18.2. The average molecular weight is 356 g/mol. The van der Waals surface area contributed by atoms with Gasteiger partial charge in [-0.1, -0.05) is 12.1 Å². The molecule has 0 radical (unpaired) electrons. The molecule has 0 bridgehead atoms. The Morgan fingerprint density at radius 2 is 1.96 bits per heavy atom. The van der Waals surface area contributed by atoms with Crippen molar-refractivity contribution >= 4 is 39.0 Å². The molecule has 0 fully saturated rings. The van der Waals surface area contributed by atoms with E-state index in [2.05, 4.69) is 15.6 Å². The molecule has 2 aromatic carbocycles. The molecule has 5 N–H and O–H groups in total. The van der Waals surface area contributed by atoms with E-state index in [0.717, 1.165) is 20.8 Å². The zero-order valence-electron chi connectivity index (χ0n) is 14.3. The topological polar surface area (TPSA) is 100 Å². The lowest BCUT2D eigenvalue weighted by atomic mass is 10.1. The summed E-state index contributed by atoms with van der Waals surface area (Å²) in [6.45, 7) is 5.62. The van der Waals surface area contributed by atoms with Gasteiger partial charge in [-0.3, -0.25) is 0 Å². The third-order valence-corrected chi connectivity index (χ3v) is 4.50. The van der Waals surface area contributed by atoms with Gasteiger partial charge in [0, 0.05) is 11.1 Å². The molecule has 3 rings (SSSR count). The number of nitrogen functional groups attached to an aromatic ring is 1. The van der Waals surface area contributed by atoms with Crippen molar-refractivity contribution in [2.45, 2.75) is 26.3 Å². The molecular weight excluding hydrogens is 336 g/mol. The number of thiazole rings is 1. The number of hydrogen-bond donors (Lipinski definition) is 4. The SMILES string of the molecule is CC(C)(C)NC(=O)Nc1cc(-c2nc3ccccc3s2)cc(N)c1O. The second-order valence-electron chi connectivity index (χ2n) is 6.78. The van der Waals surface area contributed by atoms with Crippen LogP contribution in [0.4, 0.5) is 16.2 Å². The van der Waals surface area contributed by atoms with E-state index in [9.17, 15) is 9.90 Å². The van der Waals surface area contributed by atoms with Crippen molar-refractivity contribution in [2.24, 2.45) is 0 Å². The lowest BCUT2D eigenvalue weighted by Gasteiger charge is -2.21. The maximum absolute atomic E-state index is 12.1. The maximum atomic E-state index is 12.1. The zero-order valence-corrected chi connectivity index (χ0v) is 15.1. The number of amides is 2. The van der Waals surface area contributed by atoms with Gasteiger partial charge in [0.1, 0.15) is 5.01 Å². The third kappa shape index (κ3) is 3.83. The first-order valence-corrected chi connectivity index (χ1v) is 8.62. The number of nitrogens with zero attached hydrogens (tertiary/aromatic N) is 1. The fourth-order valence-electron chi connectivity index (χ4n) is 2.37. The van der Waals surface area contributed by atoms with E-state index >= 15 is 0 Å². The fourth-order valence-corrected chi connectivity index (χ4v) is 3.32. The summed E-state index contributed by atoms with van der Waals surface area (Å²) in [5.41, 5.74) is 7.58. The van der Waals surface area contributed by atoms with Gasteiger partial charge >= 0.3 is 6.03 Å². The van der Waals surface area contributed by atoms with Crippen LogP contribution < -0.4 is 16.4 Å². The lowest BCUT2D eigenvalue weighted by Crippen LogP contribution is -2.43. The molecule has 0 saturated heterocycles. The van der Waals surface area contributed by atoms with Gasteiger partial charge in [0.15, 0.2) is 5.75 Å². The standard InChI is InChI=1S/C18H20N4O2S/c1-18(2,3)22-17(24)21-13-9-10(8-11(19)15(13)23)16-20-12-6-4-5-7-14(12)25-16/h4-9,23H,19H2,1-3H3,(H2,21,22,24). The molecular formula is C18H20N4O2S. The van der Waals surface area contributed by atoms with Crippen LogP contribution in [0.2, 0.25) is 0 Å². The average Bonchev–Trinajstić information content (AvgIpc) is 2.93. The highest BCUT2D eigenvalue weighted by Crippen LogP contribution is 2.38. The molecule has 0 saturated carbocycles. The number of hydrogen-bond acceptors (Lipinski definition) is 5. The van der Waals surface area contributed by atoms with Crippen molar-refractivity contribution in [3.05, 3.63) is 36.4 Å². The number of carbonyl (C=O) groups is 1. The molecule has 1 aromatic heterocycles. The van der Waals surface area contributed by atoms with E-state index in [1.165, 1.54) is 11.3 Å². The van der Waals surface area contributed by atoms with Crippen LogP contribution in [-0.2, 0) is 0 Å². The Bertz CT molecular complexity index is 911. The second-order valence-corrected chi connectivity index (χ2v) is 7.81. The van der Waals surface area contributed by atoms with E-state index in [0.29, 0.717) is 0 Å². The van der Waals surface area contributed by atoms with Crippen molar-refractivity contribution in [3.63, 3.8) is 0 Å². The Morgan fingerprint density at radius 1 is 1.24 bits per heavy atom. The van der Waals surface area contributed by atoms with Crippen LogP contribution in [0.25, 0.3) is 20.8 Å². The highest BCUT2D eigenvalue weighted by Gasteiger charge is 2.17. The van der Waals surface area contributed by atoms with Crippen LogP contribution >= 0.6 is 11.3 Å². The van der Waals surface area contributed by atoms with Crippen LogP contribution in [0, 0.1) is 0 Å². The van der Waals surface area contributed by atoms with Crippen molar-refractivity contribution in [1.82, 2.24) is 10.3 Å². The molecule has 0 unspecified atom stereocenters. The highest BCUT2D eigenvalue weighted by atomic mass is 32.1. The Kier molecular flexibility index (Phi) is 4.26. The van der Waals surface area contributed by atoms with Gasteiger partial charge in [0.05, 0.1) is 21.6 Å². The monoisotopic (exact) mass is 356 g/mol. The lowest BCUT2D eigenvalue weighted by molar-refractivity contribution is 0.243. The Morgan fingerprint density at radius 3 is 2.64 bits per heavy atom. The summed E-state index contributed by atoms with van der Waals surface area (Å²) in [6, 6.07) is 10.7. The molecule has 0 atom stereocenters. The molecule has 0 aliphatic heterocycles. The second kappa shape index (κ2) is 6.25. The first-order chi connectivity index (χ1) is 11.7. The number of phenols is 1. The smallest absolute Gasteiger partial charge is 0.319 e. The number of nitrogens with one attached hydrogen (secondary N) is 2. The van der Waals surface area contributed by atoms with Crippen molar-refractivity contribution < 1.29 is 9.90 Å². The minimum Gasteiger partial charge on any atom is -0.504 e. The van der Waals surface area contributed by atoms with Gasteiger partial charge in [0.2, 0.25) is 0 Å². The molecule has 7 heteroatoms. The number of carbonyl (C=O) groups excluding carboxylic acids is 1. The van der Waals surface area contributed by atoms with Gasteiger partial charge in [0.25, 0.3) is 0 Å². The largest absolute Gasteiger partial charge is 0.504 e. The predicted octanol–water partition coefficient (Wildman–Crippen LogP) is 4.17. The number of fused-ring (bicyclic) bond motifs is 1. The highest BCUT2D eigenvalue weighted by molar-refractivity contribution is 7.21. The fraction of sp³-hybridized carbons (Fsp3) is 0.222. The van der Waals surface area contributed by atoms with Gasteiger partial charge in [-0.25, -0.2) is 9.78 Å². The number of rotatable bonds is 2. The minimum absolute atomic E-state index is 0.158. The molecule has 2 amide bonds. The van der Waals surface area contributed by atoms with Crippen LogP contribution in [0.1, 0.15) is 20.8 Å². The molecule has 1 heterocycles. The molecule has 0 aliphatic carbocycles. The van der Waals surface area contributed by atoms with Crippen LogP contribution in [0.5, 0.6) is 5.75 Å². The Labute approximate surface area is 149 Å². The van der Waals surface area contributed by atoms with Gasteiger partial charge in [-0.05, 0) is 45.0 Å². The van der Waals surface area contributed by atoms with Crippen LogP contribution in [0.3, 0.4) is 0 Å². The predicted molar refractivity (Wildman–Crippen MR) is 103 cm³/mol. The summed E-state index contributed by atoms with van der Waals surface area (Å²) in [6.07, 6.45) is 0. The van der Waals surface area contributed by atoms with Gasteiger partial charge in [-0.15, -0.1) is 11.3 Å². The van der Waals surface area contributed by atoms with Crippen LogP contribution in [0.15, 0.2) is 36.4 Å². The summed E-state index contributed by atoms with van der Waals surface area (Å²) >= 11 is 1.53. The summed E-state index contributed by atoms with van der Waals surface area (Å²) in [7, 11) is 0. The quantitative estimate of drug-likeness (QED) is 0.409. The number of benzene rings is 2. The number of para-hydroxylation sites is 1. The maximum Gasteiger partial charge on any atom is 0.319 e. The van der Waals surface area contributed by atoms with Crippen LogP contribution in [-0.4, -0.2) is 21.7 Å². The number of aromatic hydroxyl groups is 1. The van der Waals surface area contributed by atoms with E-state index < -0.39 is 11.6 Å². The minimum atomic E-state index is -0.413. The number of phenolic OH excluding ortho intramolecular Hbond substituents is 1. The normalized spacial score (nSPS) is 11.5. The first-order valence-electron chi connectivity index (χ1n) is 7.80. The molecule has 3 aromatic rings. The summed E-state index contributed by atoms with van der Waals surface area (Å²) in [5, 5.41) is 16.4. The van der Waals surface area contributed by atoms with Gasteiger partial charge < -0.3 is 21.5 Å². The van der Waals surface area contributed by atoms with Crippen molar-refractivity contribution in [3.8, 4) is 16.3 Å². The third-order valence-electron chi connectivity index (χ3n) is 3.42. The van der Waals surface area contributed by atoms with Gasteiger partial charge in [-0.2, -0.15) is 0 Å². The summed E-state index contributed by atoms with van der Waals surface area (Å²) in [4.78, 5) is 16.7. The molecule has 6 nitrogen and oxygen atoms in total. The molecule has 25 heavy (non-hydrogen) atoms. The summed E-state index contributed by atoms with van der Waals surface area (Å²) in [5.74, 6) is -0.158. The molecule has 0 aliphatic rings. The number of anilines is 2. The Balaban J connectivity index is 1.96. The van der Waals surface area contributed by atoms with Crippen molar-refractivity contribution in [2.75, 3.05) is 11.1 Å². The summed E-state index contributed by atoms with van der Waals surface area (Å²) < 4.78 is 1.06. The molecule has 0 spiro atoms. The van der Waals surface area contributed by atoms with E-state index in [4.69, 9.17) is 5.73 Å². The number of aromatic nitrogens is 1. The molecule has 130 valence electrons. The first kappa shape index (κ1) is 17.0.